The first-order valence-corrected chi connectivity index (χ1v) is 9.39. The van der Waals surface area contributed by atoms with E-state index in [1.165, 1.54) is 0 Å². The van der Waals surface area contributed by atoms with Crippen LogP contribution < -0.4 is 10.1 Å². The number of ether oxygens (including phenoxy) is 1. The number of carbonyl (C=O) groups is 2. The molecular formula is C21H24N2O3. The van der Waals surface area contributed by atoms with Gasteiger partial charge in [0.05, 0.1) is 5.92 Å². The predicted molar refractivity (Wildman–Crippen MR) is 99.9 cm³/mol. The van der Waals surface area contributed by atoms with Crippen LogP contribution in [0.5, 0.6) is 5.75 Å². The lowest BCUT2D eigenvalue weighted by Gasteiger charge is -2.32. The molecule has 0 unspecified atom stereocenters. The molecule has 1 aliphatic carbocycles. The summed E-state index contributed by atoms with van der Waals surface area (Å²) in [6, 6.07) is 14.3. The van der Waals surface area contributed by atoms with E-state index in [1.807, 2.05) is 42.5 Å². The van der Waals surface area contributed by atoms with E-state index in [-0.39, 0.29) is 24.3 Å². The van der Waals surface area contributed by atoms with Crippen LogP contribution in [0.4, 0.5) is 0 Å². The largest absolute Gasteiger partial charge is 0.484 e. The standard InChI is InChI=1S/C21H24N2O3/c24-20(14-26-19-10-7-15-4-1-2-5-16(15)12-19)23-11-3-6-17(13-23)21(25)22-18-8-9-18/h1-2,4-5,7,10,12,17-18H,3,6,8-9,11,13-14H2,(H,22,25)/t17-/m0/s1. The highest BCUT2D eigenvalue weighted by Crippen LogP contribution is 2.23. The van der Waals surface area contributed by atoms with E-state index in [2.05, 4.69) is 5.32 Å². The molecule has 1 N–H and O–H groups in total. The second kappa shape index (κ2) is 7.36. The fourth-order valence-corrected chi connectivity index (χ4v) is 3.46. The van der Waals surface area contributed by atoms with Crippen molar-refractivity contribution in [3.05, 3.63) is 42.5 Å². The minimum atomic E-state index is -0.0889. The topological polar surface area (TPSA) is 58.6 Å². The maximum absolute atomic E-state index is 12.5. The second-order valence-corrected chi connectivity index (χ2v) is 7.26. The van der Waals surface area contributed by atoms with Crippen molar-refractivity contribution in [3.8, 4) is 5.75 Å². The lowest BCUT2D eigenvalue weighted by molar-refractivity contribution is -0.137. The Morgan fingerprint density at radius 1 is 1.08 bits per heavy atom. The average molecular weight is 352 g/mol. The van der Waals surface area contributed by atoms with Crippen molar-refractivity contribution >= 4 is 22.6 Å². The summed E-state index contributed by atoms with van der Waals surface area (Å²) in [4.78, 5) is 26.5. The third-order valence-electron chi connectivity index (χ3n) is 5.15. The van der Waals surface area contributed by atoms with Gasteiger partial charge in [0, 0.05) is 19.1 Å². The fraction of sp³-hybridized carbons (Fsp3) is 0.429. The van der Waals surface area contributed by atoms with Gasteiger partial charge in [0.15, 0.2) is 6.61 Å². The van der Waals surface area contributed by atoms with Crippen LogP contribution in [0.3, 0.4) is 0 Å². The molecule has 2 amide bonds. The van der Waals surface area contributed by atoms with Gasteiger partial charge in [-0.3, -0.25) is 9.59 Å². The molecule has 136 valence electrons. The van der Waals surface area contributed by atoms with Crippen molar-refractivity contribution in [1.82, 2.24) is 10.2 Å². The zero-order chi connectivity index (χ0) is 17.9. The number of carbonyl (C=O) groups excluding carboxylic acids is 2. The number of nitrogens with zero attached hydrogens (tertiary/aromatic N) is 1. The van der Waals surface area contributed by atoms with Crippen LogP contribution in [0.25, 0.3) is 10.8 Å². The van der Waals surface area contributed by atoms with Crippen LogP contribution in [0.15, 0.2) is 42.5 Å². The maximum Gasteiger partial charge on any atom is 0.260 e. The summed E-state index contributed by atoms with van der Waals surface area (Å²) >= 11 is 0. The lowest BCUT2D eigenvalue weighted by Crippen LogP contribution is -2.47. The zero-order valence-electron chi connectivity index (χ0n) is 14.8. The zero-order valence-corrected chi connectivity index (χ0v) is 14.8. The molecule has 0 bridgehead atoms. The van der Waals surface area contributed by atoms with Crippen LogP contribution >= 0.6 is 0 Å². The van der Waals surface area contributed by atoms with E-state index in [4.69, 9.17) is 4.74 Å². The normalized spacial score (nSPS) is 20.0. The Morgan fingerprint density at radius 2 is 1.88 bits per heavy atom. The minimum Gasteiger partial charge on any atom is -0.484 e. The summed E-state index contributed by atoms with van der Waals surface area (Å²) in [5.41, 5.74) is 0. The molecule has 1 aliphatic heterocycles. The first-order chi connectivity index (χ1) is 12.7. The second-order valence-electron chi connectivity index (χ2n) is 7.26. The van der Waals surface area contributed by atoms with Gasteiger partial charge < -0.3 is 15.0 Å². The predicted octanol–water partition coefficient (Wildman–Crippen LogP) is 2.74. The van der Waals surface area contributed by atoms with Crippen molar-refractivity contribution in [3.63, 3.8) is 0 Å². The van der Waals surface area contributed by atoms with Gasteiger partial charge >= 0.3 is 0 Å². The molecule has 1 saturated heterocycles. The van der Waals surface area contributed by atoms with Crippen molar-refractivity contribution in [2.75, 3.05) is 19.7 Å². The van der Waals surface area contributed by atoms with Gasteiger partial charge in [0.1, 0.15) is 5.75 Å². The SMILES string of the molecule is O=C(NC1CC1)[C@H]1CCCN(C(=O)COc2ccc3ccccc3c2)C1. The first kappa shape index (κ1) is 16.9. The van der Waals surface area contributed by atoms with Crippen LogP contribution in [-0.4, -0.2) is 42.5 Å². The third kappa shape index (κ3) is 3.98. The summed E-state index contributed by atoms with van der Waals surface area (Å²) in [6.07, 6.45) is 3.89. The van der Waals surface area contributed by atoms with Gasteiger partial charge in [-0.2, -0.15) is 0 Å². The van der Waals surface area contributed by atoms with Gasteiger partial charge in [-0.1, -0.05) is 30.3 Å². The number of amides is 2. The van der Waals surface area contributed by atoms with E-state index >= 15 is 0 Å². The Kier molecular flexibility index (Phi) is 4.78. The Bertz CT molecular complexity index is 816. The Labute approximate surface area is 153 Å². The smallest absolute Gasteiger partial charge is 0.260 e. The number of likely N-dealkylation sites (tertiary alicyclic amines) is 1. The highest BCUT2D eigenvalue weighted by Gasteiger charge is 2.31. The minimum absolute atomic E-state index is 0.00923. The fourth-order valence-electron chi connectivity index (χ4n) is 3.46. The molecule has 1 atom stereocenters. The first-order valence-electron chi connectivity index (χ1n) is 9.39. The van der Waals surface area contributed by atoms with Gasteiger partial charge in [-0.25, -0.2) is 0 Å². The molecule has 1 heterocycles. The Balaban J connectivity index is 1.32. The van der Waals surface area contributed by atoms with Crippen LogP contribution in [-0.2, 0) is 9.59 Å². The van der Waals surface area contributed by atoms with Gasteiger partial charge in [-0.15, -0.1) is 0 Å². The Hall–Kier alpha value is -2.56. The molecule has 5 heteroatoms. The molecule has 1 saturated carbocycles. The Morgan fingerprint density at radius 3 is 2.69 bits per heavy atom. The van der Waals surface area contributed by atoms with E-state index in [0.717, 1.165) is 36.5 Å². The number of hydrogen-bond donors (Lipinski definition) is 1. The average Bonchev–Trinajstić information content (AvgIpc) is 3.50. The molecule has 26 heavy (non-hydrogen) atoms. The molecule has 2 aromatic carbocycles. The lowest BCUT2D eigenvalue weighted by atomic mass is 9.97. The quantitative estimate of drug-likeness (QED) is 0.900. The van der Waals surface area contributed by atoms with E-state index < -0.39 is 0 Å². The number of benzene rings is 2. The van der Waals surface area contributed by atoms with Gasteiger partial charge in [0.2, 0.25) is 5.91 Å². The van der Waals surface area contributed by atoms with Crippen molar-refractivity contribution in [1.29, 1.82) is 0 Å². The molecule has 5 nitrogen and oxygen atoms in total. The maximum atomic E-state index is 12.5. The van der Waals surface area contributed by atoms with E-state index in [0.29, 0.717) is 24.9 Å². The number of nitrogens with one attached hydrogen (secondary N) is 1. The van der Waals surface area contributed by atoms with Crippen LogP contribution in [0, 0.1) is 5.92 Å². The highest BCUT2D eigenvalue weighted by atomic mass is 16.5. The van der Waals surface area contributed by atoms with Crippen molar-refractivity contribution < 1.29 is 14.3 Å². The number of piperidine rings is 1. The molecule has 0 radical (unpaired) electrons. The number of fused-ring (bicyclic) bond motifs is 1. The van der Waals surface area contributed by atoms with Gasteiger partial charge in [0.25, 0.3) is 5.91 Å². The summed E-state index contributed by atoms with van der Waals surface area (Å²) in [7, 11) is 0. The summed E-state index contributed by atoms with van der Waals surface area (Å²) in [5.74, 6) is 0.647. The molecule has 2 fully saturated rings. The summed E-state index contributed by atoms with van der Waals surface area (Å²) < 4.78 is 5.71. The van der Waals surface area contributed by atoms with Crippen molar-refractivity contribution in [2.45, 2.75) is 31.7 Å². The molecular weight excluding hydrogens is 328 g/mol. The van der Waals surface area contributed by atoms with Crippen LogP contribution in [0.2, 0.25) is 0 Å². The molecule has 0 spiro atoms. The molecule has 0 aromatic heterocycles. The molecule has 2 aromatic rings. The monoisotopic (exact) mass is 352 g/mol. The number of hydrogen-bond acceptors (Lipinski definition) is 3. The number of rotatable bonds is 5. The summed E-state index contributed by atoms with van der Waals surface area (Å²) in [6.45, 7) is 1.21. The molecule has 2 aliphatic rings. The van der Waals surface area contributed by atoms with Crippen molar-refractivity contribution in [2.24, 2.45) is 5.92 Å². The summed E-state index contributed by atoms with van der Waals surface area (Å²) in [5, 5.41) is 5.28. The van der Waals surface area contributed by atoms with Gasteiger partial charge in [-0.05, 0) is 48.6 Å². The molecule has 4 rings (SSSR count). The van der Waals surface area contributed by atoms with E-state index in [9.17, 15) is 9.59 Å². The highest BCUT2D eigenvalue weighted by molar-refractivity contribution is 5.84. The van der Waals surface area contributed by atoms with E-state index in [1.54, 1.807) is 4.90 Å². The van der Waals surface area contributed by atoms with Crippen LogP contribution in [0.1, 0.15) is 25.7 Å². The third-order valence-corrected chi connectivity index (χ3v) is 5.15.